The van der Waals surface area contributed by atoms with Crippen LogP contribution < -0.4 is 46.7 Å². The number of phosphoric acid groups is 3. The zero-order chi connectivity index (χ0) is 53.7. The minimum atomic E-state index is -5.92. The first kappa shape index (κ1) is 53.4. The highest BCUT2D eigenvalue weighted by Crippen LogP contribution is 2.66. The number of aliphatic hydroxyl groups is 1. The molecule has 4 aliphatic rings. The fraction of sp³-hybridized carbons (Fsp3) is 0.386. The lowest BCUT2D eigenvalue weighted by Gasteiger charge is -2.32. The number of hydrogen-bond acceptors (Lipinski definition) is 18. The van der Waals surface area contributed by atoms with E-state index in [0.717, 1.165) is 95.7 Å². The third-order valence-corrected chi connectivity index (χ3v) is 16.7. The normalized spacial score (nSPS) is 20.7. The highest BCUT2D eigenvalue weighted by molar-refractivity contribution is 7.66. The molecule has 75 heavy (non-hydrogen) atoms. The minimum Gasteiger partial charge on any atom is -0.478 e. The number of carbonyl (C=O) groups is 3. The van der Waals surface area contributed by atoms with Crippen molar-refractivity contribution in [3.05, 3.63) is 103 Å². The number of aromatic carboxylic acids is 1. The summed E-state index contributed by atoms with van der Waals surface area (Å²) in [5.41, 5.74) is 9.35. The number of carbonyl (C=O) groups excluding carboxylic acids is 2. The molecular weight excluding hydrogens is 1050 g/mol. The van der Waals surface area contributed by atoms with Gasteiger partial charge in [0, 0.05) is 71.8 Å². The molecule has 2 amide bonds. The number of ether oxygens (including phenoxy) is 3. The second-order valence-electron chi connectivity index (χ2n) is 17.6. The topological polar surface area (TPSA) is 399 Å². The van der Waals surface area contributed by atoms with Gasteiger partial charge < -0.3 is 65.3 Å². The maximum absolute atomic E-state index is 13.6. The van der Waals surface area contributed by atoms with Crippen molar-refractivity contribution in [2.24, 2.45) is 0 Å². The first-order valence-electron chi connectivity index (χ1n) is 23.4. The number of aryl methyl sites for hydroxylation is 2. The smallest absolute Gasteiger partial charge is 0.478 e. The molecule has 0 bridgehead atoms. The van der Waals surface area contributed by atoms with Gasteiger partial charge >= 0.3 is 35.5 Å². The van der Waals surface area contributed by atoms with Crippen LogP contribution in [0.4, 0.5) is 16.4 Å². The lowest BCUT2D eigenvalue weighted by molar-refractivity contribution is -0.0522. The zero-order valence-electron chi connectivity index (χ0n) is 39.9. The van der Waals surface area contributed by atoms with Gasteiger partial charge in [0.15, 0.2) is 23.5 Å². The first-order chi connectivity index (χ1) is 35.5. The number of nitrogens with zero attached hydrogens (tertiary/aromatic N) is 5. The lowest BCUT2D eigenvalue weighted by Crippen LogP contribution is -2.41. The molecule has 0 saturated carbocycles. The number of rotatable bonds is 17. The maximum Gasteiger partial charge on any atom is 0.490 e. The van der Waals surface area contributed by atoms with Gasteiger partial charge in [-0.25, -0.2) is 32.8 Å². The first-order valence-corrected chi connectivity index (χ1v) is 27.9. The van der Waals surface area contributed by atoms with Gasteiger partial charge in [0.1, 0.15) is 36.8 Å². The Morgan fingerprint density at radius 1 is 0.947 bits per heavy atom. The highest BCUT2D eigenvalue weighted by Gasteiger charge is 2.50. The number of phosphoric ester groups is 1. The van der Waals surface area contributed by atoms with Crippen molar-refractivity contribution in [2.45, 2.75) is 64.1 Å². The molecule has 9 rings (SSSR count). The van der Waals surface area contributed by atoms with Gasteiger partial charge in [0.25, 0.3) is 11.5 Å². The summed E-state index contributed by atoms with van der Waals surface area (Å²) in [6.45, 7) is 5.89. The van der Waals surface area contributed by atoms with Crippen LogP contribution in [0.5, 0.6) is 11.5 Å². The van der Waals surface area contributed by atoms with Crippen molar-refractivity contribution < 1.29 is 85.2 Å². The van der Waals surface area contributed by atoms with Gasteiger partial charge in [0.2, 0.25) is 11.3 Å². The SMILES string of the molecule is CCN1CCCc2cc3c(cc21)Oc1cc2c(cc1=C3c1ccc(C(=O)NCCNC(=O)O[C@@H]3[C@H](O)[C@@H](COP(=O)(O)OP(=O)(O)OP(=O)(O)O)O[C@H]3n3cnc4c(=O)[nH]c(N)nc43)cc1C(=O)O)CCC[N+]=2CC. The number of fused-ring (bicyclic) bond motifs is 5. The highest BCUT2D eigenvalue weighted by atomic mass is 31.3. The number of amides is 2. The molecule has 0 radical (unpaired) electrons. The van der Waals surface area contributed by atoms with Crippen LogP contribution in [0.2, 0.25) is 0 Å². The van der Waals surface area contributed by atoms with Crippen LogP contribution in [0.3, 0.4) is 0 Å². The number of hydrogen-bond donors (Lipinski definition) is 10. The molecule has 4 aliphatic heterocycles. The summed E-state index contributed by atoms with van der Waals surface area (Å²) in [4.78, 5) is 102. The van der Waals surface area contributed by atoms with Crippen LogP contribution >= 0.6 is 23.5 Å². The van der Waals surface area contributed by atoms with Gasteiger partial charge in [-0.05, 0) is 68.5 Å². The number of benzene rings is 3. The van der Waals surface area contributed by atoms with E-state index in [9.17, 15) is 52.9 Å². The zero-order valence-corrected chi connectivity index (χ0v) is 42.5. The summed E-state index contributed by atoms with van der Waals surface area (Å²) in [7, 11) is -17.4. The van der Waals surface area contributed by atoms with Crippen molar-refractivity contribution in [1.29, 1.82) is 0 Å². The van der Waals surface area contributed by atoms with E-state index in [1.807, 2.05) is 12.1 Å². The number of carboxylic acid groups (broad SMARTS) is 1. The molecule has 0 aliphatic carbocycles. The summed E-state index contributed by atoms with van der Waals surface area (Å²) < 4.78 is 68.7. The van der Waals surface area contributed by atoms with Crippen molar-refractivity contribution in [3.8, 4) is 11.5 Å². The summed E-state index contributed by atoms with van der Waals surface area (Å²) in [5.74, 6) is -1.16. The molecule has 11 N–H and O–H groups in total. The molecule has 3 aromatic carbocycles. The summed E-state index contributed by atoms with van der Waals surface area (Å²) >= 11 is 0. The molecular formula is C44H51N9O19P3+. The van der Waals surface area contributed by atoms with Crippen molar-refractivity contribution in [1.82, 2.24) is 34.7 Å². The number of aromatic amines is 1. The monoisotopic (exact) mass is 1100 g/mol. The van der Waals surface area contributed by atoms with E-state index in [1.165, 1.54) is 12.1 Å². The van der Waals surface area contributed by atoms with Gasteiger partial charge in [-0.15, -0.1) is 0 Å². The Hall–Kier alpha value is -6.38. The Morgan fingerprint density at radius 2 is 1.71 bits per heavy atom. The number of nitrogen functional groups attached to an aromatic ring is 1. The molecule has 28 nitrogen and oxygen atoms in total. The van der Waals surface area contributed by atoms with Crippen LogP contribution in [-0.4, -0.2) is 131 Å². The summed E-state index contributed by atoms with van der Waals surface area (Å²) in [6, 6.07) is 12.6. The number of carboxylic acids is 1. The molecule has 1 saturated heterocycles. The number of imidazole rings is 1. The molecule has 400 valence electrons. The van der Waals surface area contributed by atoms with Gasteiger partial charge in [-0.3, -0.25) is 23.7 Å². The van der Waals surface area contributed by atoms with Crippen molar-refractivity contribution >= 4 is 69.8 Å². The van der Waals surface area contributed by atoms with Gasteiger partial charge in [-0.2, -0.15) is 13.6 Å². The predicted octanol–water partition coefficient (Wildman–Crippen LogP) is 1.11. The Labute approximate surface area is 423 Å². The molecule has 5 aromatic rings. The summed E-state index contributed by atoms with van der Waals surface area (Å²) in [5, 5.41) is 28.8. The number of aromatic nitrogens is 4. The van der Waals surface area contributed by atoms with E-state index < -0.39 is 78.1 Å². The van der Waals surface area contributed by atoms with Crippen LogP contribution in [0.25, 0.3) is 16.7 Å². The second kappa shape index (κ2) is 21.0. The van der Waals surface area contributed by atoms with Crippen LogP contribution in [-0.2, 0) is 49.2 Å². The Balaban J connectivity index is 0.920. The number of nitrogens with two attached hydrogens (primary N) is 1. The molecule has 31 heteroatoms. The van der Waals surface area contributed by atoms with E-state index in [4.69, 9.17) is 29.7 Å². The maximum atomic E-state index is 13.6. The average Bonchev–Trinajstić information content (AvgIpc) is 3.90. The van der Waals surface area contributed by atoms with Crippen LogP contribution in [0, 0.1) is 0 Å². The minimum absolute atomic E-state index is 0.00295. The average molecular weight is 1100 g/mol. The van der Waals surface area contributed by atoms with Crippen LogP contribution in [0.1, 0.15) is 75.9 Å². The number of H-pyrrole nitrogens is 1. The molecule has 0 spiro atoms. The quantitative estimate of drug-likeness (QED) is 0.0347. The van der Waals surface area contributed by atoms with E-state index in [1.54, 1.807) is 6.07 Å². The van der Waals surface area contributed by atoms with E-state index in [-0.39, 0.29) is 41.3 Å². The predicted molar refractivity (Wildman–Crippen MR) is 261 cm³/mol. The molecule has 1 fully saturated rings. The van der Waals surface area contributed by atoms with Crippen LogP contribution in [0.15, 0.2) is 53.6 Å². The number of anilines is 2. The largest absolute Gasteiger partial charge is 0.490 e. The van der Waals surface area contributed by atoms with E-state index in [2.05, 4.69) is 74.2 Å². The number of aliphatic hydroxyl groups excluding tert-OH is 1. The third kappa shape index (κ3) is 11.3. The standard InChI is InChI=1S/C44H50N9O19P3/c1-3-51-13-5-7-22-15-27-31(18-29(22)51)68-32-19-30-23(8-6-14-52(30)4-2)16-28(32)34(27)25-10-9-24(17-26(25)42(57)58)39(55)46-11-12-47-44(59)70-37-36(54)33(20-67-74(63,64)72-75(65,66)71-73(60,61)62)69-41(37)53-21-48-35-38(53)49-43(45)50-40(35)56/h9-10,15-19,21,33,36-37,41,54H,3-8,11-14,20H2,1-2H3,(H9-,45,46,47,49,50,55,56,57,58,59,60,61,62,63,64,65,66)/p+1/t33-,36-,37-,41-/m1/s1. The van der Waals surface area contributed by atoms with E-state index >= 15 is 0 Å². The molecule has 6 heterocycles. The fourth-order valence-corrected chi connectivity index (χ4v) is 12.7. The Bertz CT molecular complexity index is 3490. The Morgan fingerprint density at radius 3 is 2.44 bits per heavy atom. The van der Waals surface area contributed by atoms with E-state index in [0.29, 0.717) is 22.6 Å². The molecule has 2 aromatic heterocycles. The van der Waals surface area contributed by atoms with Gasteiger partial charge in [0.05, 0.1) is 24.6 Å². The fourth-order valence-electron chi connectivity index (χ4n) is 9.64. The number of alkyl carbamates (subject to hydrolysis) is 1. The number of nitrogens with one attached hydrogen (secondary N) is 3. The molecule has 6 atom stereocenters. The van der Waals surface area contributed by atoms with Crippen molar-refractivity contribution in [3.63, 3.8) is 0 Å². The molecule has 2 unspecified atom stereocenters. The lowest BCUT2D eigenvalue weighted by atomic mass is 9.86. The summed E-state index contributed by atoms with van der Waals surface area (Å²) in [6.07, 6.45) is -3.77. The Kier molecular flexibility index (Phi) is 14.9. The van der Waals surface area contributed by atoms with Crippen molar-refractivity contribution in [2.75, 3.05) is 56.5 Å². The van der Waals surface area contributed by atoms with Gasteiger partial charge in [-0.1, -0.05) is 6.07 Å². The second-order valence-corrected chi connectivity index (χ2v) is 22.1. The third-order valence-electron chi connectivity index (χ3n) is 12.9.